The van der Waals surface area contributed by atoms with E-state index in [1.807, 2.05) is 30.3 Å². The van der Waals surface area contributed by atoms with E-state index in [1.165, 1.54) is 16.2 Å². The van der Waals surface area contributed by atoms with E-state index in [1.54, 1.807) is 13.8 Å². The molecular weight excluding hydrogens is 348 g/mol. The van der Waals surface area contributed by atoms with Crippen LogP contribution in [0.4, 0.5) is 5.00 Å². The lowest BCUT2D eigenvalue weighted by Crippen LogP contribution is -2.33. The zero-order valence-electron chi connectivity index (χ0n) is 14.8. The molecule has 26 heavy (non-hydrogen) atoms. The molecule has 3 rings (SSSR count). The van der Waals surface area contributed by atoms with Crippen LogP contribution in [0.1, 0.15) is 41.8 Å². The molecular formula is C20H20N2O3S. The van der Waals surface area contributed by atoms with Gasteiger partial charge in [-0.05, 0) is 44.2 Å². The number of nitriles is 1. The number of hydrogen-bond donors (Lipinski definition) is 1. The van der Waals surface area contributed by atoms with Crippen molar-refractivity contribution in [2.24, 2.45) is 0 Å². The van der Waals surface area contributed by atoms with E-state index in [4.69, 9.17) is 4.74 Å². The number of anilines is 1. The van der Waals surface area contributed by atoms with Gasteiger partial charge in [-0.1, -0.05) is 30.3 Å². The summed E-state index contributed by atoms with van der Waals surface area (Å²) >= 11 is 1.44. The second-order valence-corrected chi connectivity index (χ2v) is 7.89. The van der Waals surface area contributed by atoms with Crippen LogP contribution in [0.15, 0.2) is 30.3 Å². The van der Waals surface area contributed by atoms with Crippen LogP contribution in [-0.2, 0) is 32.6 Å². The number of aryl methyl sites for hydroxylation is 1. The van der Waals surface area contributed by atoms with Crippen molar-refractivity contribution in [2.75, 3.05) is 11.9 Å². The molecule has 1 aliphatic rings. The third kappa shape index (κ3) is 3.49. The minimum absolute atomic E-state index is 0.372. The molecule has 1 aliphatic carbocycles. The second-order valence-electron chi connectivity index (χ2n) is 6.79. The Morgan fingerprint density at radius 3 is 2.69 bits per heavy atom. The lowest BCUT2D eigenvalue weighted by molar-refractivity contribution is -0.152. The maximum atomic E-state index is 12.4. The number of carbonyl (C=O) groups excluding carboxylic acids is 2. The highest BCUT2D eigenvalue weighted by molar-refractivity contribution is 7.16. The highest BCUT2D eigenvalue weighted by Crippen LogP contribution is 2.38. The van der Waals surface area contributed by atoms with Crippen LogP contribution in [0.3, 0.4) is 0 Å². The molecule has 0 aliphatic heterocycles. The van der Waals surface area contributed by atoms with Gasteiger partial charge in [0, 0.05) is 4.88 Å². The zero-order chi connectivity index (χ0) is 18.7. The molecule has 2 aromatic rings. The number of esters is 1. The summed E-state index contributed by atoms with van der Waals surface area (Å²) in [4.78, 5) is 25.8. The van der Waals surface area contributed by atoms with Gasteiger partial charge in [-0.3, -0.25) is 9.59 Å². The molecule has 1 aromatic heterocycles. The first kappa shape index (κ1) is 18.2. The maximum absolute atomic E-state index is 12.4. The van der Waals surface area contributed by atoms with Gasteiger partial charge in [-0.2, -0.15) is 5.26 Å². The highest BCUT2D eigenvalue weighted by atomic mass is 32.1. The molecule has 1 heterocycles. The summed E-state index contributed by atoms with van der Waals surface area (Å²) < 4.78 is 5.22. The number of amides is 1. The molecule has 0 radical (unpaired) electrons. The summed E-state index contributed by atoms with van der Waals surface area (Å²) in [7, 11) is 0. The van der Waals surface area contributed by atoms with Gasteiger partial charge in [0.2, 0.25) is 0 Å². The lowest BCUT2D eigenvalue weighted by atomic mass is 9.85. The number of nitrogens with one attached hydrogen (secondary N) is 1. The van der Waals surface area contributed by atoms with E-state index in [2.05, 4.69) is 11.4 Å². The van der Waals surface area contributed by atoms with E-state index in [0.29, 0.717) is 10.6 Å². The molecule has 6 heteroatoms. The van der Waals surface area contributed by atoms with Gasteiger partial charge in [0.1, 0.15) is 11.1 Å². The van der Waals surface area contributed by atoms with Gasteiger partial charge in [0.25, 0.3) is 5.91 Å². The molecule has 1 amide bonds. The summed E-state index contributed by atoms with van der Waals surface area (Å²) in [6, 6.07) is 11.5. The van der Waals surface area contributed by atoms with Crippen molar-refractivity contribution in [3.8, 4) is 6.07 Å². The predicted octanol–water partition coefficient (Wildman–Crippen LogP) is 3.57. The zero-order valence-corrected chi connectivity index (χ0v) is 15.6. The topological polar surface area (TPSA) is 79.2 Å². The molecule has 0 saturated heterocycles. The molecule has 1 aromatic carbocycles. The maximum Gasteiger partial charge on any atom is 0.316 e. The van der Waals surface area contributed by atoms with Gasteiger partial charge in [-0.15, -0.1) is 11.3 Å². The quantitative estimate of drug-likeness (QED) is 0.818. The molecule has 0 unspecified atom stereocenters. The lowest BCUT2D eigenvalue weighted by Gasteiger charge is -2.22. The van der Waals surface area contributed by atoms with E-state index in [-0.39, 0.29) is 6.61 Å². The first-order chi connectivity index (χ1) is 12.4. The van der Waals surface area contributed by atoms with Crippen LogP contribution in [-0.4, -0.2) is 18.5 Å². The Morgan fingerprint density at radius 1 is 1.27 bits per heavy atom. The molecule has 0 spiro atoms. The van der Waals surface area contributed by atoms with E-state index < -0.39 is 17.3 Å². The van der Waals surface area contributed by atoms with Crippen molar-refractivity contribution in [1.29, 1.82) is 5.26 Å². The standard InChI is InChI=1S/C20H20N2O3S/c1-20(2,13-7-4-3-5-8-13)19(24)25-12-17(23)22-18-15(11-21)14-9-6-10-16(14)26-18/h3-5,7-8H,6,9-10,12H2,1-2H3,(H,22,23). The Balaban J connectivity index is 1.61. The van der Waals surface area contributed by atoms with Crippen molar-refractivity contribution in [3.05, 3.63) is 51.9 Å². The van der Waals surface area contributed by atoms with Crippen molar-refractivity contribution in [1.82, 2.24) is 0 Å². The monoisotopic (exact) mass is 368 g/mol. The molecule has 0 saturated carbocycles. The summed E-state index contributed by atoms with van der Waals surface area (Å²) in [6.07, 6.45) is 2.88. The fourth-order valence-electron chi connectivity index (χ4n) is 3.06. The fourth-order valence-corrected chi connectivity index (χ4v) is 4.31. The van der Waals surface area contributed by atoms with Crippen LogP contribution in [0, 0.1) is 11.3 Å². The summed E-state index contributed by atoms with van der Waals surface area (Å²) in [5.74, 6) is -0.897. The van der Waals surface area contributed by atoms with Crippen LogP contribution >= 0.6 is 11.3 Å². The summed E-state index contributed by atoms with van der Waals surface area (Å²) in [5, 5.41) is 12.6. The van der Waals surface area contributed by atoms with Crippen molar-refractivity contribution in [3.63, 3.8) is 0 Å². The Morgan fingerprint density at radius 2 is 2.00 bits per heavy atom. The van der Waals surface area contributed by atoms with Gasteiger partial charge in [0.05, 0.1) is 11.0 Å². The highest BCUT2D eigenvalue weighted by Gasteiger charge is 2.32. The Kier molecular flexibility index (Phi) is 5.10. The van der Waals surface area contributed by atoms with Crippen LogP contribution in [0.25, 0.3) is 0 Å². The number of thiophene rings is 1. The summed E-state index contributed by atoms with van der Waals surface area (Å²) in [6.45, 7) is 3.16. The normalized spacial score (nSPS) is 13.0. The third-order valence-electron chi connectivity index (χ3n) is 4.63. The van der Waals surface area contributed by atoms with E-state index >= 15 is 0 Å². The number of carbonyl (C=O) groups is 2. The van der Waals surface area contributed by atoms with Gasteiger partial charge >= 0.3 is 5.97 Å². The fraction of sp³-hybridized carbons (Fsp3) is 0.350. The Hall–Kier alpha value is -2.65. The number of rotatable bonds is 5. The molecule has 1 N–H and O–H groups in total. The smallest absolute Gasteiger partial charge is 0.316 e. The number of benzene rings is 1. The number of ether oxygens (including phenoxy) is 1. The summed E-state index contributed by atoms with van der Waals surface area (Å²) in [5.41, 5.74) is 1.58. The minimum atomic E-state index is -0.844. The Bertz CT molecular complexity index is 878. The third-order valence-corrected chi connectivity index (χ3v) is 5.83. The second kappa shape index (κ2) is 7.30. The first-order valence-corrected chi connectivity index (χ1v) is 9.32. The average molecular weight is 368 g/mol. The number of nitrogens with zero attached hydrogens (tertiary/aromatic N) is 1. The van der Waals surface area contributed by atoms with E-state index in [0.717, 1.165) is 30.4 Å². The largest absolute Gasteiger partial charge is 0.455 e. The number of hydrogen-bond acceptors (Lipinski definition) is 5. The molecule has 0 atom stereocenters. The number of fused-ring (bicyclic) bond motifs is 1. The van der Waals surface area contributed by atoms with Gasteiger partial charge in [-0.25, -0.2) is 0 Å². The predicted molar refractivity (Wildman–Crippen MR) is 100 cm³/mol. The molecule has 5 nitrogen and oxygen atoms in total. The van der Waals surface area contributed by atoms with Crippen LogP contribution < -0.4 is 5.32 Å². The Labute approximate surface area is 156 Å². The van der Waals surface area contributed by atoms with Gasteiger partial charge < -0.3 is 10.1 Å². The van der Waals surface area contributed by atoms with Crippen molar-refractivity contribution < 1.29 is 14.3 Å². The molecule has 0 bridgehead atoms. The molecule has 0 fully saturated rings. The van der Waals surface area contributed by atoms with Crippen molar-refractivity contribution in [2.45, 2.75) is 38.5 Å². The van der Waals surface area contributed by atoms with Crippen LogP contribution in [0.5, 0.6) is 0 Å². The first-order valence-electron chi connectivity index (χ1n) is 8.50. The average Bonchev–Trinajstić information content (AvgIpc) is 3.20. The molecule has 134 valence electrons. The van der Waals surface area contributed by atoms with Gasteiger partial charge in [0.15, 0.2) is 6.61 Å². The SMILES string of the molecule is CC(C)(C(=O)OCC(=O)Nc1sc2c(c1C#N)CCC2)c1ccccc1. The van der Waals surface area contributed by atoms with Crippen molar-refractivity contribution >= 4 is 28.2 Å². The van der Waals surface area contributed by atoms with Crippen LogP contribution in [0.2, 0.25) is 0 Å². The van der Waals surface area contributed by atoms with E-state index in [9.17, 15) is 14.9 Å². The minimum Gasteiger partial charge on any atom is -0.455 e.